The molecule has 0 radical (unpaired) electrons. The highest BCUT2D eigenvalue weighted by Crippen LogP contribution is 2.30. The fourth-order valence-electron chi connectivity index (χ4n) is 3.66. The van der Waals surface area contributed by atoms with Crippen molar-refractivity contribution in [1.82, 2.24) is 9.46 Å². The van der Waals surface area contributed by atoms with Crippen molar-refractivity contribution in [2.45, 2.75) is 23.7 Å². The smallest absolute Gasteiger partial charge is 0.294 e. The summed E-state index contributed by atoms with van der Waals surface area (Å²) in [5.74, 6) is -0.00908. The molecule has 1 N–H and O–H groups in total. The minimum absolute atomic E-state index is 0.0592. The molecule has 1 aliphatic heterocycles. The van der Waals surface area contributed by atoms with E-state index >= 15 is 0 Å². The van der Waals surface area contributed by atoms with E-state index in [1.165, 1.54) is 11.4 Å². The molecule has 1 amide bonds. The maximum atomic E-state index is 12.9. The van der Waals surface area contributed by atoms with Crippen molar-refractivity contribution in [3.05, 3.63) is 72.1 Å². The van der Waals surface area contributed by atoms with Gasteiger partial charge in [-0.25, -0.2) is 8.42 Å². The minimum Gasteiger partial charge on any atom is -0.495 e. The lowest BCUT2D eigenvalue weighted by atomic mass is 9.96. The Morgan fingerprint density at radius 1 is 1.16 bits per heavy atom. The van der Waals surface area contributed by atoms with Crippen LogP contribution in [0.1, 0.15) is 35.0 Å². The maximum absolute atomic E-state index is 12.9. The standard InChI is InChI=1S/C22H23N3O5S/c1-29-20-12-6-5-11-18(20)23-22(26)21-14-19(24-30-21)16-8-7-13-25(15-16)31(27,28)17-9-3-2-4-10-17/h2-6,9-12,14,16H,7-8,13,15H2,1H3,(H,23,26)/t16-/m1/s1. The van der Waals surface area contributed by atoms with E-state index in [9.17, 15) is 13.2 Å². The van der Waals surface area contributed by atoms with Crippen LogP contribution in [-0.4, -0.2) is 44.0 Å². The number of sulfonamides is 1. The van der Waals surface area contributed by atoms with Gasteiger partial charge in [0.1, 0.15) is 5.75 Å². The molecule has 31 heavy (non-hydrogen) atoms. The summed E-state index contributed by atoms with van der Waals surface area (Å²) in [5.41, 5.74) is 1.09. The minimum atomic E-state index is -3.58. The Labute approximate surface area is 180 Å². The van der Waals surface area contributed by atoms with Crippen LogP contribution < -0.4 is 10.1 Å². The first-order valence-corrected chi connectivity index (χ1v) is 11.4. The Kier molecular flexibility index (Phi) is 6.06. The molecule has 1 fully saturated rings. The van der Waals surface area contributed by atoms with Gasteiger partial charge in [0.15, 0.2) is 0 Å². The lowest BCUT2D eigenvalue weighted by Crippen LogP contribution is -2.39. The summed E-state index contributed by atoms with van der Waals surface area (Å²) in [7, 11) is -2.06. The van der Waals surface area contributed by atoms with Gasteiger partial charge < -0.3 is 14.6 Å². The number of carbonyl (C=O) groups excluding carboxylic acids is 1. The molecule has 0 unspecified atom stereocenters. The number of benzene rings is 2. The SMILES string of the molecule is COc1ccccc1NC(=O)c1cc([C@@H]2CCCN(S(=O)(=O)c3ccccc3)C2)no1. The number of nitrogens with zero attached hydrogens (tertiary/aromatic N) is 2. The van der Waals surface area contributed by atoms with Crippen molar-refractivity contribution in [2.24, 2.45) is 0 Å². The molecule has 2 aromatic carbocycles. The van der Waals surface area contributed by atoms with E-state index in [1.54, 1.807) is 60.7 Å². The van der Waals surface area contributed by atoms with Crippen molar-refractivity contribution in [3.63, 3.8) is 0 Å². The molecule has 1 aromatic heterocycles. The fourth-order valence-corrected chi connectivity index (χ4v) is 5.21. The predicted octanol–water partition coefficient (Wildman–Crippen LogP) is 3.50. The zero-order valence-electron chi connectivity index (χ0n) is 17.0. The van der Waals surface area contributed by atoms with Crippen LogP contribution in [0.25, 0.3) is 0 Å². The van der Waals surface area contributed by atoms with E-state index in [0.29, 0.717) is 30.1 Å². The van der Waals surface area contributed by atoms with Crippen molar-refractivity contribution in [3.8, 4) is 5.75 Å². The average Bonchev–Trinajstić information content (AvgIpc) is 3.31. The van der Waals surface area contributed by atoms with Gasteiger partial charge in [-0.1, -0.05) is 35.5 Å². The predicted molar refractivity (Wildman–Crippen MR) is 115 cm³/mol. The molecule has 0 bridgehead atoms. The van der Waals surface area contributed by atoms with Crippen LogP contribution in [0.5, 0.6) is 5.75 Å². The number of anilines is 1. The van der Waals surface area contributed by atoms with Crippen molar-refractivity contribution >= 4 is 21.6 Å². The zero-order valence-corrected chi connectivity index (χ0v) is 17.8. The highest BCUT2D eigenvalue weighted by Gasteiger charge is 2.32. The second-order valence-corrected chi connectivity index (χ2v) is 9.22. The Balaban J connectivity index is 1.48. The highest BCUT2D eigenvalue weighted by molar-refractivity contribution is 7.89. The summed E-state index contributed by atoms with van der Waals surface area (Å²) in [4.78, 5) is 12.9. The van der Waals surface area contributed by atoms with Gasteiger partial charge in [0.05, 0.1) is 23.4 Å². The number of para-hydroxylation sites is 2. The first kappa shape index (κ1) is 21.1. The van der Waals surface area contributed by atoms with Gasteiger partial charge in [-0.15, -0.1) is 0 Å². The first-order valence-electron chi connectivity index (χ1n) is 9.95. The second kappa shape index (κ2) is 8.91. The summed E-state index contributed by atoms with van der Waals surface area (Å²) in [6.07, 6.45) is 1.47. The number of ether oxygens (including phenoxy) is 1. The van der Waals surface area contributed by atoms with Crippen LogP contribution in [0.3, 0.4) is 0 Å². The Hall–Kier alpha value is -3.17. The zero-order chi connectivity index (χ0) is 21.8. The lowest BCUT2D eigenvalue weighted by molar-refractivity contribution is 0.0987. The van der Waals surface area contributed by atoms with E-state index in [4.69, 9.17) is 9.26 Å². The van der Waals surface area contributed by atoms with Crippen LogP contribution >= 0.6 is 0 Å². The molecule has 0 saturated carbocycles. The van der Waals surface area contributed by atoms with Gasteiger partial charge in [0, 0.05) is 25.1 Å². The normalized spacial score (nSPS) is 17.3. The number of rotatable bonds is 6. The van der Waals surface area contributed by atoms with E-state index in [-0.39, 0.29) is 23.1 Å². The number of hydrogen-bond donors (Lipinski definition) is 1. The second-order valence-electron chi connectivity index (χ2n) is 7.29. The van der Waals surface area contributed by atoms with E-state index in [0.717, 1.165) is 6.42 Å². The van der Waals surface area contributed by atoms with Crippen molar-refractivity contribution in [1.29, 1.82) is 0 Å². The van der Waals surface area contributed by atoms with E-state index < -0.39 is 15.9 Å². The molecule has 0 aliphatic carbocycles. The summed E-state index contributed by atoms with van der Waals surface area (Å²) in [6, 6.07) is 17.0. The molecule has 0 spiro atoms. The molecule has 2 heterocycles. The third-order valence-electron chi connectivity index (χ3n) is 5.29. The van der Waals surface area contributed by atoms with Crippen LogP contribution in [-0.2, 0) is 10.0 Å². The molecule has 4 rings (SSSR count). The molecule has 1 saturated heterocycles. The van der Waals surface area contributed by atoms with E-state index in [1.807, 2.05) is 0 Å². The summed E-state index contributed by atoms with van der Waals surface area (Å²) >= 11 is 0. The Morgan fingerprint density at radius 2 is 1.90 bits per heavy atom. The van der Waals surface area contributed by atoms with Crippen LogP contribution in [0, 0.1) is 0 Å². The Bertz CT molecular complexity index is 1160. The van der Waals surface area contributed by atoms with E-state index in [2.05, 4.69) is 10.5 Å². The fraction of sp³-hybridized carbons (Fsp3) is 0.273. The molecule has 8 nitrogen and oxygen atoms in total. The van der Waals surface area contributed by atoms with Crippen LogP contribution in [0.4, 0.5) is 5.69 Å². The number of aromatic nitrogens is 1. The number of amides is 1. The van der Waals surface area contributed by atoms with Crippen LogP contribution in [0.15, 0.2) is 70.1 Å². The van der Waals surface area contributed by atoms with Gasteiger partial charge in [-0.3, -0.25) is 4.79 Å². The number of methoxy groups -OCH3 is 1. The third-order valence-corrected chi connectivity index (χ3v) is 7.17. The third kappa shape index (κ3) is 4.47. The quantitative estimate of drug-likeness (QED) is 0.628. The average molecular weight is 442 g/mol. The summed E-state index contributed by atoms with van der Waals surface area (Å²) in [6.45, 7) is 0.740. The molecular formula is C22H23N3O5S. The van der Waals surface area contributed by atoms with Gasteiger partial charge >= 0.3 is 0 Å². The highest BCUT2D eigenvalue weighted by atomic mass is 32.2. The first-order chi connectivity index (χ1) is 15.0. The van der Waals surface area contributed by atoms with Crippen molar-refractivity contribution in [2.75, 3.05) is 25.5 Å². The van der Waals surface area contributed by atoms with Gasteiger partial charge in [-0.05, 0) is 37.1 Å². The maximum Gasteiger partial charge on any atom is 0.294 e. The molecule has 9 heteroatoms. The molecule has 1 aliphatic rings. The number of nitrogens with one attached hydrogen (secondary N) is 1. The number of piperidine rings is 1. The number of carbonyl (C=O) groups is 1. The molecule has 1 atom stereocenters. The Morgan fingerprint density at radius 3 is 2.68 bits per heavy atom. The van der Waals surface area contributed by atoms with Gasteiger partial charge in [0.25, 0.3) is 5.91 Å². The number of hydrogen-bond acceptors (Lipinski definition) is 6. The molecule has 162 valence electrons. The topological polar surface area (TPSA) is 102 Å². The largest absolute Gasteiger partial charge is 0.495 e. The molecule has 3 aromatic rings. The van der Waals surface area contributed by atoms with Gasteiger partial charge in [-0.2, -0.15) is 4.31 Å². The summed E-state index contributed by atoms with van der Waals surface area (Å²) in [5, 5.41) is 6.79. The molecular weight excluding hydrogens is 418 g/mol. The van der Waals surface area contributed by atoms with Gasteiger partial charge in [0.2, 0.25) is 15.8 Å². The van der Waals surface area contributed by atoms with Crippen molar-refractivity contribution < 1.29 is 22.5 Å². The monoisotopic (exact) mass is 441 g/mol. The summed E-state index contributed by atoms with van der Waals surface area (Å²) < 4.78 is 37.9. The van der Waals surface area contributed by atoms with Crippen LogP contribution in [0.2, 0.25) is 0 Å². The lowest BCUT2D eigenvalue weighted by Gasteiger charge is -2.30.